The number of Topliss-reactive ketones (excluding diaryl/α,β-unsaturated/α-hetero) is 1. The third-order valence-electron chi connectivity index (χ3n) is 3.82. The minimum Gasteiger partial charge on any atom is -0.465 e. The highest BCUT2D eigenvalue weighted by Gasteiger charge is 2.39. The number of ketones is 1. The number of esters is 1. The zero-order valence-corrected chi connectivity index (χ0v) is 12.0. The van der Waals surface area contributed by atoms with Gasteiger partial charge in [-0.3, -0.25) is 14.5 Å². The third-order valence-corrected chi connectivity index (χ3v) is 3.82. The maximum atomic E-state index is 12.0. The summed E-state index contributed by atoms with van der Waals surface area (Å²) < 4.78 is 5.03. The number of benzene rings is 1. The van der Waals surface area contributed by atoms with Gasteiger partial charge in [0.2, 0.25) is 0 Å². The number of ether oxygens (including phenoxy) is 1. The average molecular weight is 275 g/mol. The van der Waals surface area contributed by atoms with Crippen LogP contribution in [0.25, 0.3) is 0 Å². The molecule has 0 saturated carbocycles. The van der Waals surface area contributed by atoms with Crippen molar-refractivity contribution in [2.24, 2.45) is 5.92 Å². The number of nitrogens with zero attached hydrogens (tertiary/aromatic N) is 1. The minimum atomic E-state index is -0.646. The first-order valence-electron chi connectivity index (χ1n) is 7.10. The summed E-state index contributed by atoms with van der Waals surface area (Å²) in [5.41, 5.74) is 1.19. The molecule has 1 aliphatic heterocycles. The predicted octanol–water partition coefficient (Wildman–Crippen LogP) is 2.03. The molecule has 0 aromatic heterocycles. The lowest BCUT2D eigenvalue weighted by Crippen LogP contribution is -2.50. The van der Waals surface area contributed by atoms with Crippen molar-refractivity contribution < 1.29 is 14.3 Å². The van der Waals surface area contributed by atoms with Crippen LogP contribution in [0.4, 0.5) is 0 Å². The van der Waals surface area contributed by atoms with Gasteiger partial charge in [-0.15, -0.1) is 0 Å². The predicted molar refractivity (Wildman–Crippen MR) is 76.1 cm³/mol. The molecule has 0 amide bonds. The summed E-state index contributed by atoms with van der Waals surface area (Å²) >= 11 is 0. The molecule has 1 aliphatic rings. The molecule has 2 atom stereocenters. The van der Waals surface area contributed by atoms with E-state index in [-0.39, 0.29) is 17.8 Å². The Labute approximate surface area is 119 Å². The van der Waals surface area contributed by atoms with E-state index in [1.54, 1.807) is 6.92 Å². The molecule has 2 rings (SSSR count). The number of likely N-dealkylation sites (tertiary alicyclic amines) is 1. The summed E-state index contributed by atoms with van der Waals surface area (Å²) in [5.74, 6) is -1.03. The quantitative estimate of drug-likeness (QED) is 0.623. The summed E-state index contributed by atoms with van der Waals surface area (Å²) in [6.45, 7) is 5.46. The molecule has 1 aromatic rings. The van der Waals surface area contributed by atoms with Crippen molar-refractivity contribution in [2.75, 3.05) is 13.2 Å². The molecular weight excluding hydrogens is 254 g/mol. The van der Waals surface area contributed by atoms with Crippen LogP contribution in [-0.4, -0.2) is 35.8 Å². The third kappa shape index (κ3) is 3.25. The largest absolute Gasteiger partial charge is 0.465 e. The van der Waals surface area contributed by atoms with Gasteiger partial charge in [-0.25, -0.2) is 0 Å². The maximum Gasteiger partial charge on any atom is 0.318 e. The van der Waals surface area contributed by atoms with Gasteiger partial charge in [-0.05, 0) is 19.4 Å². The Bertz CT molecular complexity index is 472. The molecule has 0 bridgehead atoms. The Hall–Kier alpha value is -1.68. The van der Waals surface area contributed by atoms with Gasteiger partial charge in [0.05, 0.1) is 6.61 Å². The SMILES string of the molecule is CCOC(=O)C1C(=O)CCN(Cc2ccccc2)[C@@H]1C. The average Bonchev–Trinajstić information content (AvgIpc) is 2.44. The fourth-order valence-corrected chi connectivity index (χ4v) is 2.69. The van der Waals surface area contributed by atoms with Crippen LogP contribution in [0.1, 0.15) is 25.8 Å². The second kappa shape index (κ2) is 6.66. The van der Waals surface area contributed by atoms with Gasteiger partial charge < -0.3 is 4.74 Å². The van der Waals surface area contributed by atoms with Crippen LogP contribution < -0.4 is 0 Å². The zero-order valence-electron chi connectivity index (χ0n) is 12.0. The molecule has 1 unspecified atom stereocenters. The number of carbonyl (C=O) groups excluding carboxylic acids is 2. The molecule has 4 nitrogen and oxygen atoms in total. The normalized spacial score (nSPS) is 23.6. The molecule has 20 heavy (non-hydrogen) atoms. The standard InChI is InChI=1S/C16H21NO3/c1-3-20-16(19)15-12(2)17(10-9-14(15)18)11-13-7-5-4-6-8-13/h4-8,12,15H,3,9-11H2,1-2H3/t12-,15?/m1/s1. The first kappa shape index (κ1) is 14.7. The van der Waals surface area contributed by atoms with Crippen molar-refractivity contribution in [3.63, 3.8) is 0 Å². The molecule has 108 valence electrons. The summed E-state index contributed by atoms with van der Waals surface area (Å²) in [5, 5.41) is 0. The summed E-state index contributed by atoms with van der Waals surface area (Å²) in [6, 6.07) is 9.98. The van der Waals surface area contributed by atoms with Gasteiger partial charge in [-0.1, -0.05) is 30.3 Å². The van der Waals surface area contributed by atoms with Gasteiger partial charge in [0.25, 0.3) is 0 Å². The zero-order chi connectivity index (χ0) is 14.5. The smallest absolute Gasteiger partial charge is 0.318 e. The van der Waals surface area contributed by atoms with Gasteiger partial charge in [0, 0.05) is 25.6 Å². The summed E-state index contributed by atoms with van der Waals surface area (Å²) in [4.78, 5) is 26.1. The number of hydrogen-bond donors (Lipinski definition) is 0. The maximum absolute atomic E-state index is 12.0. The van der Waals surface area contributed by atoms with Gasteiger partial charge in [0.1, 0.15) is 11.7 Å². The van der Waals surface area contributed by atoms with Crippen LogP contribution in [0.2, 0.25) is 0 Å². The molecule has 1 aromatic carbocycles. The van der Waals surface area contributed by atoms with E-state index in [0.717, 1.165) is 6.54 Å². The van der Waals surface area contributed by atoms with Crippen molar-refractivity contribution in [3.05, 3.63) is 35.9 Å². The highest BCUT2D eigenvalue weighted by atomic mass is 16.5. The van der Waals surface area contributed by atoms with E-state index in [1.807, 2.05) is 25.1 Å². The number of piperidine rings is 1. The molecule has 0 radical (unpaired) electrons. The Morgan fingerprint density at radius 3 is 2.70 bits per heavy atom. The molecule has 0 spiro atoms. The van der Waals surface area contributed by atoms with Crippen molar-refractivity contribution in [3.8, 4) is 0 Å². The first-order valence-corrected chi connectivity index (χ1v) is 7.10. The van der Waals surface area contributed by atoms with Crippen LogP contribution in [0, 0.1) is 5.92 Å². The van der Waals surface area contributed by atoms with E-state index in [4.69, 9.17) is 4.74 Å². The van der Waals surface area contributed by atoms with Crippen molar-refractivity contribution in [2.45, 2.75) is 32.9 Å². The van der Waals surface area contributed by atoms with E-state index in [9.17, 15) is 9.59 Å². The van der Waals surface area contributed by atoms with E-state index in [0.29, 0.717) is 19.6 Å². The molecule has 1 saturated heterocycles. The minimum absolute atomic E-state index is 0.000242. The fourth-order valence-electron chi connectivity index (χ4n) is 2.69. The van der Waals surface area contributed by atoms with Gasteiger partial charge in [0.15, 0.2) is 0 Å². The van der Waals surface area contributed by atoms with Crippen LogP contribution in [-0.2, 0) is 20.9 Å². The van der Waals surface area contributed by atoms with E-state index < -0.39 is 5.92 Å². The molecular formula is C16H21NO3. The molecule has 4 heteroatoms. The second-order valence-electron chi connectivity index (χ2n) is 5.14. The summed E-state index contributed by atoms with van der Waals surface area (Å²) in [6.07, 6.45) is 0.417. The molecule has 0 aliphatic carbocycles. The lowest BCUT2D eigenvalue weighted by atomic mass is 9.88. The van der Waals surface area contributed by atoms with Crippen molar-refractivity contribution in [1.29, 1.82) is 0 Å². The summed E-state index contributed by atoms with van der Waals surface area (Å²) in [7, 11) is 0. The van der Waals surface area contributed by atoms with E-state index >= 15 is 0 Å². The van der Waals surface area contributed by atoms with Crippen molar-refractivity contribution >= 4 is 11.8 Å². The lowest BCUT2D eigenvalue weighted by Gasteiger charge is -2.37. The van der Waals surface area contributed by atoms with Crippen LogP contribution >= 0.6 is 0 Å². The van der Waals surface area contributed by atoms with Crippen molar-refractivity contribution in [1.82, 2.24) is 4.90 Å². The highest BCUT2D eigenvalue weighted by molar-refractivity contribution is 6.00. The van der Waals surface area contributed by atoms with Crippen LogP contribution in [0.3, 0.4) is 0 Å². The Morgan fingerprint density at radius 1 is 1.35 bits per heavy atom. The topological polar surface area (TPSA) is 46.6 Å². The number of rotatable bonds is 4. The number of hydrogen-bond acceptors (Lipinski definition) is 4. The monoisotopic (exact) mass is 275 g/mol. The van der Waals surface area contributed by atoms with Gasteiger partial charge >= 0.3 is 5.97 Å². The Kier molecular flexibility index (Phi) is 4.90. The van der Waals surface area contributed by atoms with Crippen LogP contribution in [0.15, 0.2) is 30.3 Å². The second-order valence-corrected chi connectivity index (χ2v) is 5.14. The van der Waals surface area contributed by atoms with E-state index in [2.05, 4.69) is 17.0 Å². The van der Waals surface area contributed by atoms with Crippen LogP contribution in [0.5, 0.6) is 0 Å². The number of carbonyl (C=O) groups is 2. The first-order chi connectivity index (χ1) is 9.63. The Morgan fingerprint density at radius 2 is 2.05 bits per heavy atom. The lowest BCUT2D eigenvalue weighted by molar-refractivity contribution is -0.156. The van der Waals surface area contributed by atoms with Gasteiger partial charge in [-0.2, -0.15) is 0 Å². The molecule has 1 heterocycles. The van der Waals surface area contributed by atoms with E-state index in [1.165, 1.54) is 5.56 Å². The Balaban J connectivity index is 2.08. The molecule has 0 N–H and O–H groups in total. The molecule has 1 fully saturated rings. The fraction of sp³-hybridized carbons (Fsp3) is 0.500. The highest BCUT2D eigenvalue weighted by Crippen LogP contribution is 2.23.